The van der Waals surface area contributed by atoms with E-state index in [1.807, 2.05) is 0 Å². The maximum absolute atomic E-state index is 12.8. The van der Waals surface area contributed by atoms with Crippen molar-refractivity contribution in [1.82, 2.24) is 0 Å². The van der Waals surface area contributed by atoms with Gasteiger partial charge < -0.3 is 10.6 Å². The van der Waals surface area contributed by atoms with E-state index in [-0.39, 0.29) is 11.3 Å². The fraction of sp³-hybridized carbons (Fsp3) is 0.0588. The third-order valence-electron chi connectivity index (χ3n) is 3.12. The number of halogens is 5. The molecule has 0 fully saturated rings. The molecule has 0 saturated carbocycles. The first-order valence-corrected chi connectivity index (χ1v) is 7.77. The third-order valence-corrected chi connectivity index (χ3v) is 3.70. The van der Waals surface area contributed by atoms with Gasteiger partial charge in [-0.3, -0.25) is 4.79 Å². The number of carbonyl (C=O) groups excluding carboxylic acids is 1. The second-order valence-electron chi connectivity index (χ2n) is 4.97. The summed E-state index contributed by atoms with van der Waals surface area (Å²) in [7, 11) is 0. The van der Waals surface area contributed by atoms with Gasteiger partial charge in [0, 0.05) is 22.6 Å². The van der Waals surface area contributed by atoms with Crippen LogP contribution in [0, 0.1) is 11.3 Å². The largest absolute Gasteiger partial charge is 0.417 e. The average Bonchev–Trinajstić information content (AvgIpc) is 2.58. The molecule has 2 rings (SSSR count). The predicted molar refractivity (Wildman–Crippen MR) is 93.9 cm³/mol. The fourth-order valence-corrected chi connectivity index (χ4v) is 2.22. The van der Waals surface area contributed by atoms with E-state index in [2.05, 4.69) is 10.6 Å². The zero-order valence-electron chi connectivity index (χ0n) is 12.9. The van der Waals surface area contributed by atoms with Gasteiger partial charge in [-0.25, -0.2) is 0 Å². The number of amides is 1. The number of carbonyl (C=O) groups is 1. The summed E-state index contributed by atoms with van der Waals surface area (Å²) in [5.74, 6) is -0.871. The molecule has 0 aliphatic rings. The van der Waals surface area contributed by atoms with Gasteiger partial charge in [-0.05, 0) is 42.5 Å². The quantitative estimate of drug-likeness (QED) is 0.529. The third kappa shape index (κ3) is 5.15. The van der Waals surface area contributed by atoms with E-state index < -0.39 is 22.7 Å². The molecule has 2 aromatic rings. The molecule has 0 bridgehead atoms. The highest BCUT2D eigenvalue weighted by Crippen LogP contribution is 2.36. The molecule has 26 heavy (non-hydrogen) atoms. The van der Waals surface area contributed by atoms with Crippen molar-refractivity contribution in [2.45, 2.75) is 6.18 Å². The highest BCUT2D eigenvalue weighted by atomic mass is 35.5. The Morgan fingerprint density at radius 1 is 1.08 bits per heavy atom. The van der Waals surface area contributed by atoms with E-state index in [4.69, 9.17) is 28.5 Å². The Balaban J connectivity index is 2.15. The van der Waals surface area contributed by atoms with Gasteiger partial charge in [0.15, 0.2) is 0 Å². The zero-order valence-corrected chi connectivity index (χ0v) is 14.4. The van der Waals surface area contributed by atoms with Gasteiger partial charge >= 0.3 is 6.18 Å². The van der Waals surface area contributed by atoms with Gasteiger partial charge in [0.25, 0.3) is 5.91 Å². The molecule has 0 atom stereocenters. The highest BCUT2D eigenvalue weighted by Gasteiger charge is 2.33. The van der Waals surface area contributed by atoms with Crippen molar-refractivity contribution in [3.8, 4) is 6.07 Å². The molecule has 0 unspecified atom stereocenters. The fourth-order valence-electron chi connectivity index (χ4n) is 1.87. The topological polar surface area (TPSA) is 64.9 Å². The van der Waals surface area contributed by atoms with Gasteiger partial charge in [-0.2, -0.15) is 18.4 Å². The molecule has 1 amide bonds. The molecule has 0 aromatic heterocycles. The van der Waals surface area contributed by atoms with Gasteiger partial charge in [-0.15, -0.1) is 0 Å². The van der Waals surface area contributed by atoms with Crippen LogP contribution in [-0.2, 0) is 11.0 Å². The van der Waals surface area contributed by atoms with Gasteiger partial charge in [0.2, 0.25) is 0 Å². The molecule has 0 saturated heterocycles. The van der Waals surface area contributed by atoms with Gasteiger partial charge in [0.1, 0.15) is 11.6 Å². The van der Waals surface area contributed by atoms with Crippen LogP contribution in [0.25, 0.3) is 0 Å². The molecular weight excluding hydrogens is 390 g/mol. The summed E-state index contributed by atoms with van der Waals surface area (Å²) >= 11 is 11.3. The summed E-state index contributed by atoms with van der Waals surface area (Å²) in [4.78, 5) is 12.1. The second kappa shape index (κ2) is 8.13. The average molecular weight is 400 g/mol. The number of anilines is 2. The highest BCUT2D eigenvalue weighted by molar-refractivity contribution is 6.31. The first-order chi connectivity index (χ1) is 12.2. The Morgan fingerprint density at radius 3 is 2.27 bits per heavy atom. The molecular formula is C17H10Cl2F3N3O. The molecule has 2 N–H and O–H groups in total. The van der Waals surface area contributed by atoms with Crippen molar-refractivity contribution in [2.24, 2.45) is 0 Å². The lowest BCUT2D eigenvalue weighted by atomic mass is 10.2. The molecule has 0 heterocycles. The number of nitrogens with one attached hydrogen (secondary N) is 2. The van der Waals surface area contributed by atoms with E-state index in [0.29, 0.717) is 16.8 Å². The van der Waals surface area contributed by atoms with E-state index in [0.717, 1.165) is 12.3 Å². The maximum atomic E-state index is 12.8. The number of hydrogen-bond acceptors (Lipinski definition) is 3. The van der Waals surface area contributed by atoms with Gasteiger partial charge in [-0.1, -0.05) is 23.2 Å². The number of hydrogen-bond donors (Lipinski definition) is 2. The normalized spacial score (nSPS) is 11.6. The lowest BCUT2D eigenvalue weighted by Crippen LogP contribution is -2.15. The minimum absolute atomic E-state index is 0.139. The smallest absolute Gasteiger partial charge is 0.360 e. The Kier molecular flexibility index (Phi) is 6.14. The summed E-state index contributed by atoms with van der Waals surface area (Å²) < 4.78 is 38.5. The van der Waals surface area contributed by atoms with Crippen LogP contribution in [0.5, 0.6) is 0 Å². The number of nitriles is 1. The maximum Gasteiger partial charge on any atom is 0.417 e. The molecule has 0 aliphatic heterocycles. The van der Waals surface area contributed by atoms with Crippen molar-refractivity contribution >= 4 is 40.5 Å². The van der Waals surface area contributed by atoms with Crippen LogP contribution < -0.4 is 10.6 Å². The van der Waals surface area contributed by atoms with Crippen LogP contribution in [0.3, 0.4) is 0 Å². The Bertz CT molecular complexity index is 888. The second-order valence-corrected chi connectivity index (χ2v) is 5.81. The first kappa shape index (κ1) is 19.6. The predicted octanol–water partition coefficient (Wildman–Crippen LogP) is 5.47. The van der Waals surface area contributed by atoms with E-state index in [9.17, 15) is 18.0 Å². The molecule has 2 aromatic carbocycles. The minimum Gasteiger partial charge on any atom is -0.360 e. The molecule has 0 aliphatic carbocycles. The Labute approximate surface area is 156 Å². The van der Waals surface area contributed by atoms with Crippen molar-refractivity contribution in [3.05, 3.63) is 69.8 Å². The SMILES string of the molecule is N#C/C(=C/Nc1ccc(Cl)cc1)C(=O)Nc1ccc(Cl)c(C(F)(F)F)c1. The molecule has 0 radical (unpaired) electrons. The minimum atomic E-state index is -4.66. The van der Waals surface area contributed by atoms with Crippen molar-refractivity contribution in [2.75, 3.05) is 10.6 Å². The molecule has 9 heteroatoms. The van der Waals surface area contributed by atoms with Crippen molar-refractivity contribution in [1.29, 1.82) is 5.26 Å². The summed E-state index contributed by atoms with van der Waals surface area (Å²) in [6.07, 6.45) is -3.53. The van der Waals surface area contributed by atoms with Crippen LogP contribution in [0.4, 0.5) is 24.5 Å². The van der Waals surface area contributed by atoms with Crippen LogP contribution in [0.1, 0.15) is 5.56 Å². The Morgan fingerprint density at radius 2 is 1.69 bits per heavy atom. The lowest BCUT2D eigenvalue weighted by molar-refractivity contribution is -0.137. The molecule has 4 nitrogen and oxygen atoms in total. The standard InChI is InChI=1S/C17H10Cl2F3N3O/c18-11-1-3-12(4-2-11)24-9-10(8-23)16(26)25-13-5-6-15(19)14(7-13)17(20,21)22/h1-7,9,24H,(H,25,26)/b10-9-. The number of rotatable bonds is 4. The number of nitrogens with zero attached hydrogens (tertiary/aromatic N) is 1. The summed E-state index contributed by atoms with van der Waals surface area (Å²) in [5.41, 5.74) is -0.984. The van der Waals surface area contributed by atoms with E-state index in [1.54, 1.807) is 30.3 Å². The van der Waals surface area contributed by atoms with E-state index >= 15 is 0 Å². The number of alkyl halides is 3. The Hall–Kier alpha value is -2.69. The summed E-state index contributed by atoms with van der Waals surface area (Å²) in [5, 5.41) is 14.1. The van der Waals surface area contributed by atoms with Crippen molar-refractivity contribution in [3.63, 3.8) is 0 Å². The molecule has 0 spiro atoms. The van der Waals surface area contributed by atoms with E-state index in [1.165, 1.54) is 6.07 Å². The number of benzene rings is 2. The van der Waals surface area contributed by atoms with Crippen molar-refractivity contribution < 1.29 is 18.0 Å². The summed E-state index contributed by atoms with van der Waals surface area (Å²) in [6.45, 7) is 0. The van der Waals surface area contributed by atoms with Crippen LogP contribution in [-0.4, -0.2) is 5.91 Å². The first-order valence-electron chi connectivity index (χ1n) is 7.01. The summed E-state index contributed by atoms with van der Waals surface area (Å²) in [6, 6.07) is 11.1. The van der Waals surface area contributed by atoms with Gasteiger partial charge in [0.05, 0.1) is 10.6 Å². The molecule has 134 valence electrons. The zero-order chi connectivity index (χ0) is 19.3. The van der Waals surface area contributed by atoms with Crippen LogP contribution >= 0.6 is 23.2 Å². The van der Waals surface area contributed by atoms with Crippen LogP contribution in [0.2, 0.25) is 10.0 Å². The monoisotopic (exact) mass is 399 g/mol. The lowest BCUT2D eigenvalue weighted by Gasteiger charge is -2.11. The van der Waals surface area contributed by atoms with Crippen LogP contribution in [0.15, 0.2) is 54.2 Å².